The van der Waals surface area contributed by atoms with Crippen LogP contribution >= 0.6 is 0 Å². The third kappa shape index (κ3) is 4.80. The molecule has 1 aliphatic rings. The van der Waals surface area contributed by atoms with Gasteiger partial charge in [0.15, 0.2) is 5.78 Å². The fourth-order valence-corrected chi connectivity index (χ4v) is 2.75. The molecule has 7 nitrogen and oxygen atoms in total. The minimum absolute atomic E-state index is 0.0469. The molecule has 0 aliphatic carbocycles. The van der Waals surface area contributed by atoms with Gasteiger partial charge in [0, 0.05) is 18.8 Å². The topological polar surface area (TPSA) is 116 Å². The van der Waals surface area contributed by atoms with Crippen molar-refractivity contribution >= 4 is 23.5 Å². The number of esters is 1. The molecule has 7 heteroatoms. The van der Waals surface area contributed by atoms with E-state index >= 15 is 0 Å². The molecule has 0 saturated carbocycles. The molecule has 0 radical (unpaired) electrons. The van der Waals surface area contributed by atoms with Gasteiger partial charge in [0.1, 0.15) is 23.5 Å². The van der Waals surface area contributed by atoms with Crippen LogP contribution in [0.1, 0.15) is 29.3 Å². The van der Waals surface area contributed by atoms with E-state index in [1.54, 1.807) is 20.0 Å². The molecular weight excluding hydrogens is 362 g/mol. The van der Waals surface area contributed by atoms with E-state index < -0.39 is 36.0 Å². The number of phenolic OH excluding ortho intramolecular Hbond substituents is 1. The Morgan fingerprint density at radius 2 is 1.96 bits per heavy atom. The van der Waals surface area contributed by atoms with Crippen molar-refractivity contribution in [2.75, 3.05) is 12.4 Å². The van der Waals surface area contributed by atoms with Gasteiger partial charge < -0.3 is 25.4 Å². The van der Waals surface area contributed by atoms with E-state index in [-0.39, 0.29) is 17.7 Å². The van der Waals surface area contributed by atoms with Crippen molar-refractivity contribution in [3.05, 3.63) is 41.5 Å². The third-order valence-corrected chi connectivity index (χ3v) is 4.43. The minimum atomic E-state index is -1.61. The second-order valence-electron chi connectivity index (χ2n) is 6.42. The summed E-state index contributed by atoms with van der Waals surface area (Å²) >= 11 is 0. The van der Waals surface area contributed by atoms with Crippen LogP contribution in [0.25, 0.3) is 6.08 Å². The highest BCUT2D eigenvalue weighted by molar-refractivity contribution is 5.97. The van der Waals surface area contributed by atoms with E-state index in [0.29, 0.717) is 11.3 Å². The molecule has 28 heavy (non-hydrogen) atoms. The molecular formula is C21H23NO6. The van der Waals surface area contributed by atoms with E-state index in [1.165, 1.54) is 24.3 Å². The van der Waals surface area contributed by atoms with E-state index in [1.807, 2.05) is 0 Å². The summed E-state index contributed by atoms with van der Waals surface area (Å²) in [4.78, 5) is 24.7. The number of fused-ring (bicyclic) bond motifs is 1. The lowest BCUT2D eigenvalue weighted by Crippen LogP contribution is -2.32. The maximum Gasteiger partial charge on any atom is 0.342 e. The zero-order chi connectivity index (χ0) is 20.8. The van der Waals surface area contributed by atoms with Crippen molar-refractivity contribution in [1.29, 1.82) is 0 Å². The van der Waals surface area contributed by atoms with Crippen LogP contribution < -0.4 is 5.32 Å². The summed E-state index contributed by atoms with van der Waals surface area (Å²) in [5, 5.41) is 33.2. The van der Waals surface area contributed by atoms with E-state index in [2.05, 4.69) is 11.2 Å². The Labute approximate surface area is 163 Å². The first-order valence-electron chi connectivity index (χ1n) is 8.75. The van der Waals surface area contributed by atoms with Crippen molar-refractivity contribution in [1.82, 2.24) is 0 Å². The number of cyclic esters (lactones) is 1. The predicted molar refractivity (Wildman–Crippen MR) is 105 cm³/mol. The lowest BCUT2D eigenvalue weighted by molar-refractivity contribution is -0.127. The van der Waals surface area contributed by atoms with Crippen LogP contribution in [0.2, 0.25) is 0 Å². The Morgan fingerprint density at radius 3 is 2.61 bits per heavy atom. The Hall–Kier alpha value is -3.08. The van der Waals surface area contributed by atoms with E-state index in [9.17, 15) is 24.9 Å². The van der Waals surface area contributed by atoms with Crippen LogP contribution in [-0.4, -0.2) is 52.4 Å². The van der Waals surface area contributed by atoms with Gasteiger partial charge in [0.25, 0.3) is 0 Å². The number of hydrogen-bond donors (Lipinski definition) is 4. The molecule has 1 heterocycles. The standard InChI is InChI=1S/C21H23NO6/c1-4-13-8-9-17(24)20(26)16(23)7-5-6-14-10-15(22-3)11-18(25)19(14)21(27)28-12(13)2/h1,5-6,8-13,16,20,22-23,25-26H,7H2,2-3H3/b6-5+,9-8-/t12-,13+,16-,20-/m0/s1. The fraction of sp³-hybridized carbons (Fsp3) is 0.333. The normalized spacial score (nSPS) is 28.2. The number of rotatable bonds is 1. The highest BCUT2D eigenvalue weighted by Crippen LogP contribution is 2.29. The van der Waals surface area contributed by atoms with Crippen molar-refractivity contribution in [3.63, 3.8) is 0 Å². The molecule has 0 aromatic heterocycles. The number of aliphatic hydroxyl groups excluding tert-OH is 2. The van der Waals surface area contributed by atoms with Gasteiger partial charge in [-0.25, -0.2) is 4.79 Å². The second kappa shape index (κ2) is 9.22. The number of aliphatic hydroxyl groups is 2. The monoisotopic (exact) mass is 385 g/mol. The molecule has 1 aromatic rings. The minimum Gasteiger partial charge on any atom is -0.507 e. The summed E-state index contributed by atoms with van der Waals surface area (Å²) in [6.07, 6.45) is 7.07. The summed E-state index contributed by atoms with van der Waals surface area (Å²) in [6.45, 7) is 1.56. The lowest BCUT2D eigenvalue weighted by atomic mass is 9.99. The van der Waals surface area contributed by atoms with Crippen LogP contribution in [0.5, 0.6) is 5.75 Å². The molecule has 0 fully saturated rings. The van der Waals surface area contributed by atoms with Gasteiger partial charge >= 0.3 is 5.97 Å². The van der Waals surface area contributed by atoms with Gasteiger partial charge in [-0.2, -0.15) is 0 Å². The maximum atomic E-state index is 12.7. The first-order valence-corrected chi connectivity index (χ1v) is 8.75. The molecule has 148 valence electrons. The van der Waals surface area contributed by atoms with Crippen molar-refractivity contribution < 1.29 is 29.6 Å². The van der Waals surface area contributed by atoms with Gasteiger partial charge in [0.05, 0.1) is 12.0 Å². The van der Waals surface area contributed by atoms with Crippen LogP contribution in [-0.2, 0) is 9.53 Å². The molecule has 1 aliphatic heterocycles. The van der Waals surface area contributed by atoms with Crippen LogP contribution in [0.15, 0.2) is 30.4 Å². The Balaban J connectivity index is 2.54. The molecule has 0 amide bonds. The number of carbonyl (C=O) groups excluding carboxylic acids is 2. The second-order valence-corrected chi connectivity index (χ2v) is 6.42. The quantitative estimate of drug-likeness (QED) is 0.428. The molecule has 0 bridgehead atoms. The first-order chi connectivity index (χ1) is 13.3. The molecule has 0 unspecified atom stereocenters. The van der Waals surface area contributed by atoms with Gasteiger partial charge in [-0.15, -0.1) is 6.42 Å². The highest BCUT2D eigenvalue weighted by atomic mass is 16.5. The average molecular weight is 385 g/mol. The van der Waals surface area contributed by atoms with Gasteiger partial charge in [0.2, 0.25) is 0 Å². The number of anilines is 1. The zero-order valence-corrected chi connectivity index (χ0v) is 15.6. The number of nitrogens with one attached hydrogen (secondary N) is 1. The lowest BCUT2D eigenvalue weighted by Gasteiger charge is -2.20. The Kier molecular flexibility index (Phi) is 6.99. The maximum absolute atomic E-state index is 12.7. The number of aromatic hydroxyl groups is 1. The van der Waals surface area contributed by atoms with Crippen molar-refractivity contribution in [2.45, 2.75) is 31.7 Å². The van der Waals surface area contributed by atoms with Crippen LogP contribution in [0.3, 0.4) is 0 Å². The Bertz CT molecular complexity index is 851. The first kappa shape index (κ1) is 21.2. The smallest absolute Gasteiger partial charge is 0.342 e. The van der Waals surface area contributed by atoms with E-state index in [4.69, 9.17) is 11.2 Å². The van der Waals surface area contributed by atoms with Crippen molar-refractivity contribution in [3.8, 4) is 18.1 Å². The van der Waals surface area contributed by atoms with Gasteiger partial charge in [-0.05, 0) is 31.1 Å². The summed E-state index contributed by atoms with van der Waals surface area (Å²) in [6, 6.07) is 3.01. The summed E-state index contributed by atoms with van der Waals surface area (Å²) < 4.78 is 5.39. The molecule has 0 spiro atoms. The number of phenols is 1. The average Bonchev–Trinajstić information content (AvgIpc) is 2.66. The molecule has 4 atom stereocenters. The molecule has 0 saturated heterocycles. The molecule has 2 rings (SSSR count). The SMILES string of the molecule is C#C[C@@H]1/C=C\C(=O)[C@@H](O)[C@@H](O)C/C=C/c2cc(NC)cc(O)c2C(=O)O[C@H]1C. The number of benzene rings is 1. The summed E-state index contributed by atoms with van der Waals surface area (Å²) in [5.74, 6) is -0.0805. The van der Waals surface area contributed by atoms with Gasteiger partial charge in [-0.3, -0.25) is 4.79 Å². The highest BCUT2D eigenvalue weighted by Gasteiger charge is 2.25. The number of ether oxygens (including phenoxy) is 1. The van der Waals surface area contributed by atoms with Crippen LogP contribution in [0.4, 0.5) is 5.69 Å². The third-order valence-electron chi connectivity index (χ3n) is 4.43. The summed E-state index contributed by atoms with van der Waals surface area (Å²) in [5.41, 5.74) is 0.854. The van der Waals surface area contributed by atoms with E-state index in [0.717, 1.165) is 6.08 Å². The fourth-order valence-electron chi connectivity index (χ4n) is 2.75. The van der Waals surface area contributed by atoms with Crippen molar-refractivity contribution in [2.24, 2.45) is 5.92 Å². The predicted octanol–water partition coefficient (Wildman–Crippen LogP) is 1.49. The zero-order valence-electron chi connectivity index (χ0n) is 15.6. The van der Waals surface area contributed by atoms with Gasteiger partial charge in [-0.1, -0.05) is 24.1 Å². The van der Waals surface area contributed by atoms with Crippen LogP contribution in [0, 0.1) is 18.3 Å². The largest absolute Gasteiger partial charge is 0.507 e. The Morgan fingerprint density at radius 1 is 1.25 bits per heavy atom. The summed E-state index contributed by atoms with van der Waals surface area (Å²) in [7, 11) is 1.66. The number of terminal acetylenes is 1. The molecule has 1 aromatic carbocycles. The number of carbonyl (C=O) groups is 2. The number of hydrogen-bond acceptors (Lipinski definition) is 7. The molecule has 4 N–H and O–H groups in total. The number of ketones is 1.